The van der Waals surface area contributed by atoms with Gasteiger partial charge in [0.2, 0.25) is 0 Å². The molecule has 2 N–H and O–H groups in total. The molecule has 0 aliphatic rings. The topological polar surface area (TPSA) is 59.2 Å². The molecule has 1 amide bonds. The first kappa shape index (κ1) is 22.9. The van der Waals surface area contributed by atoms with E-state index in [0.717, 1.165) is 33.9 Å². The first-order chi connectivity index (χ1) is 16.2. The molecule has 4 rings (SSSR count). The lowest BCUT2D eigenvalue weighted by Crippen LogP contribution is -2.44. The molecule has 3 aromatic carbocycles. The van der Waals surface area contributed by atoms with Crippen molar-refractivity contribution in [2.24, 2.45) is 5.73 Å². The molecule has 33 heavy (non-hydrogen) atoms. The molecule has 0 saturated heterocycles. The number of rotatable bonds is 9. The third kappa shape index (κ3) is 5.75. The molecule has 0 bridgehead atoms. The zero-order valence-electron chi connectivity index (χ0n) is 18.9. The van der Waals surface area contributed by atoms with E-state index in [1.807, 2.05) is 78.6 Å². The van der Waals surface area contributed by atoms with E-state index in [0.29, 0.717) is 18.8 Å². The number of carbonyl (C=O) groups excluding carboxylic acids is 1. The summed E-state index contributed by atoms with van der Waals surface area (Å²) in [5, 5.41) is 0.880. The van der Waals surface area contributed by atoms with Crippen molar-refractivity contribution in [3.8, 4) is 10.4 Å². The minimum absolute atomic E-state index is 0.0643. The molecule has 1 heterocycles. The number of hydrogen-bond acceptors (Lipinski definition) is 4. The van der Waals surface area contributed by atoms with Gasteiger partial charge in [-0.15, -0.1) is 11.3 Å². The fraction of sp³-hybridized carbons (Fsp3) is 0.214. The highest BCUT2D eigenvalue weighted by molar-refractivity contribution is 7.15. The van der Waals surface area contributed by atoms with Crippen molar-refractivity contribution < 1.29 is 4.79 Å². The van der Waals surface area contributed by atoms with Crippen molar-refractivity contribution >= 4 is 17.2 Å². The number of thiazole rings is 1. The second kappa shape index (κ2) is 11.0. The standard InChI is InChI=1S/C28H29N3OS/c1-21-30-26(27(33-21)24-15-9-4-10-16-24)28(32)31(20-23-13-7-3-8-14-23)25(19-29)18-17-22-11-5-2-6-12-22/h2-16,25H,17-20,29H2,1H3/t25-/m0/s1. The molecule has 0 fully saturated rings. The third-order valence-electron chi connectivity index (χ3n) is 5.75. The average Bonchev–Trinajstić information content (AvgIpc) is 3.26. The smallest absolute Gasteiger partial charge is 0.274 e. The van der Waals surface area contributed by atoms with Crippen molar-refractivity contribution in [2.45, 2.75) is 32.4 Å². The van der Waals surface area contributed by atoms with Crippen molar-refractivity contribution in [3.63, 3.8) is 0 Å². The van der Waals surface area contributed by atoms with Crippen molar-refractivity contribution in [1.29, 1.82) is 0 Å². The number of nitrogens with zero attached hydrogens (tertiary/aromatic N) is 2. The summed E-state index contributed by atoms with van der Waals surface area (Å²) in [5.74, 6) is -0.0643. The Bertz CT molecular complexity index is 1160. The molecule has 1 atom stereocenters. The summed E-state index contributed by atoms with van der Waals surface area (Å²) < 4.78 is 0. The van der Waals surface area contributed by atoms with Gasteiger partial charge in [-0.25, -0.2) is 4.98 Å². The number of benzene rings is 3. The Kier molecular flexibility index (Phi) is 7.66. The molecule has 168 valence electrons. The Balaban J connectivity index is 1.66. The molecule has 0 radical (unpaired) electrons. The summed E-state index contributed by atoms with van der Waals surface area (Å²) in [6.45, 7) is 2.85. The number of amides is 1. The van der Waals surface area contributed by atoms with Gasteiger partial charge < -0.3 is 10.6 Å². The molecule has 5 heteroatoms. The highest BCUT2D eigenvalue weighted by Gasteiger charge is 2.28. The quantitative estimate of drug-likeness (QED) is 0.351. The molecule has 4 nitrogen and oxygen atoms in total. The molecule has 4 aromatic rings. The Labute approximate surface area is 199 Å². The monoisotopic (exact) mass is 455 g/mol. The number of aryl methyl sites for hydroxylation is 2. The number of nitrogens with two attached hydrogens (primary N) is 1. The summed E-state index contributed by atoms with van der Waals surface area (Å²) in [7, 11) is 0. The van der Waals surface area contributed by atoms with E-state index in [-0.39, 0.29) is 11.9 Å². The molecule has 0 spiro atoms. The maximum atomic E-state index is 14.0. The lowest BCUT2D eigenvalue weighted by Gasteiger charge is -2.31. The number of hydrogen-bond donors (Lipinski definition) is 1. The van der Waals surface area contributed by atoms with Gasteiger partial charge in [-0.2, -0.15) is 0 Å². The summed E-state index contributed by atoms with van der Waals surface area (Å²) in [4.78, 5) is 21.5. The molecule has 0 saturated carbocycles. The largest absolute Gasteiger partial charge is 0.329 e. The van der Waals surface area contributed by atoms with Crippen LogP contribution in [0, 0.1) is 6.92 Å². The predicted molar refractivity (Wildman–Crippen MR) is 136 cm³/mol. The molecular weight excluding hydrogens is 426 g/mol. The molecule has 0 aliphatic heterocycles. The lowest BCUT2D eigenvalue weighted by atomic mass is 10.0. The van der Waals surface area contributed by atoms with Gasteiger partial charge in [-0.3, -0.25) is 4.79 Å². The van der Waals surface area contributed by atoms with Crippen LogP contribution in [0.1, 0.15) is 33.0 Å². The predicted octanol–water partition coefficient (Wildman–Crippen LogP) is 5.72. The first-order valence-electron chi connectivity index (χ1n) is 11.3. The zero-order valence-corrected chi connectivity index (χ0v) is 19.7. The fourth-order valence-corrected chi connectivity index (χ4v) is 4.93. The highest BCUT2D eigenvalue weighted by Crippen LogP contribution is 2.31. The Morgan fingerprint density at radius 1 is 0.909 bits per heavy atom. The van der Waals surface area contributed by atoms with E-state index in [1.54, 1.807) is 11.3 Å². The maximum Gasteiger partial charge on any atom is 0.274 e. The minimum atomic E-state index is -0.0939. The van der Waals surface area contributed by atoms with E-state index in [9.17, 15) is 4.79 Å². The van der Waals surface area contributed by atoms with E-state index >= 15 is 0 Å². The number of carbonyl (C=O) groups is 1. The Morgan fingerprint density at radius 3 is 2.09 bits per heavy atom. The van der Waals surface area contributed by atoms with Crippen LogP contribution in [0.25, 0.3) is 10.4 Å². The van der Waals surface area contributed by atoms with Gasteiger partial charge in [0.15, 0.2) is 0 Å². The lowest BCUT2D eigenvalue weighted by molar-refractivity contribution is 0.0652. The van der Waals surface area contributed by atoms with Crippen LogP contribution in [-0.2, 0) is 13.0 Å². The maximum absolute atomic E-state index is 14.0. The van der Waals surface area contributed by atoms with Crippen LogP contribution < -0.4 is 5.73 Å². The van der Waals surface area contributed by atoms with Crippen LogP contribution in [0.4, 0.5) is 0 Å². The molecule has 1 aromatic heterocycles. The molecule has 0 aliphatic carbocycles. The summed E-state index contributed by atoms with van der Waals surface area (Å²) >= 11 is 1.56. The van der Waals surface area contributed by atoms with Gasteiger partial charge in [0.25, 0.3) is 5.91 Å². The second-order valence-corrected chi connectivity index (χ2v) is 9.31. The van der Waals surface area contributed by atoms with Crippen molar-refractivity contribution in [3.05, 3.63) is 113 Å². The summed E-state index contributed by atoms with van der Waals surface area (Å²) in [6.07, 6.45) is 1.66. The van der Waals surface area contributed by atoms with Crippen molar-refractivity contribution in [2.75, 3.05) is 6.54 Å². The van der Waals surface area contributed by atoms with E-state index in [1.165, 1.54) is 5.56 Å². The van der Waals surface area contributed by atoms with Crippen LogP contribution in [0.5, 0.6) is 0 Å². The number of aromatic nitrogens is 1. The van der Waals surface area contributed by atoms with E-state index in [2.05, 4.69) is 29.2 Å². The van der Waals surface area contributed by atoms with Crippen LogP contribution in [0.3, 0.4) is 0 Å². The van der Waals surface area contributed by atoms with Gasteiger partial charge in [0.1, 0.15) is 5.69 Å². The van der Waals surface area contributed by atoms with Crippen LogP contribution in [-0.4, -0.2) is 28.4 Å². The van der Waals surface area contributed by atoms with Gasteiger partial charge in [0, 0.05) is 19.1 Å². The van der Waals surface area contributed by atoms with E-state index < -0.39 is 0 Å². The average molecular weight is 456 g/mol. The first-order valence-corrected chi connectivity index (χ1v) is 12.1. The van der Waals surface area contributed by atoms with Crippen molar-refractivity contribution in [1.82, 2.24) is 9.88 Å². The van der Waals surface area contributed by atoms with Gasteiger partial charge in [-0.1, -0.05) is 91.0 Å². The van der Waals surface area contributed by atoms with Crippen LogP contribution in [0.2, 0.25) is 0 Å². The summed E-state index contributed by atoms with van der Waals surface area (Å²) in [6, 6.07) is 30.4. The van der Waals surface area contributed by atoms with Gasteiger partial charge in [-0.05, 0) is 36.5 Å². The third-order valence-corrected chi connectivity index (χ3v) is 6.77. The Morgan fingerprint density at radius 2 is 1.48 bits per heavy atom. The molecule has 0 unspecified atom stereocenters. The fourth-order valence-electron chi connectivity index (χ4n) is 4.02. The Hall–Kier alpha value is -3.28. The van der Waals surface area contributed by atoms with Crippen LogP contribution in [0.15, 0.2) is 91.0 Å². The SMILES string of the molecule is Cc1nc(C(=O)N(Cc2ccccc2)[C@H](CN)CCc2ccccc2)c(-c2ccccc2)s1. The van der Waals surface area contributed by atoms with Gasteiger partial charge in [0.05, 0.1) is 9.88 Å². The van der Waals surface area contributed by atoms with Gasteiger partial charge >= 0.3 is 0 Å². The highest BCUT2D eigenvalue weighted by atomic mass is 32.1. The zero-order chi connectivity index (χ0) is 23.0. The normalized spacial score (nSPS) is 11.8. The molecular formula is C28H29N3OS. The van der Waals surface area contributed by atoms with Crippen LogP contribution >= 0.6 is 11.3 Å². The van der Waals surface area contributed by atoms with E-state index in [4.69, 9.17) is 5.73 Å². The second-order valence-electron chi connectivity index (χ2n) is 8.11. The minimum Gasteiger partial charge on any atom is -0.329 e. The summed E-state index contributed by atoms with van der Waals surface area (Å²) in [5.41, 5.74) is 10.1.